The summed E-state index contributed by atoms with van der Waals surface area (Å²) in [4.78, 5) is 34.5. The molecule has 0 heterocycles. The van der Waals surface area contributed by atoms with E-state index in [1.807, 2.05) is 6.07 Å². The Morgan fingerprint density at radius 3 is 2.43 bits per heavy atom. The third kappa shape index (κ3) is 6.61. The standard InChI is InChI=1S/C16H19N3O4/c1-2-23-15(21)8-7-14(20)19-13(16(18)22)9-11-3-5-12(10-17)6-4-11/h3-6,13H,2,7-9H2,1H3,(H2,18,22)(H,19,20)/t13-/m1/s1. The number of hydrogen-bond donors (Lipinski definition) is 2. The van der Waals surface area contributed by atoms with Crippen molar-refractivity contribution in [1.29, 1.82) is 5.26 Å². The van der Waals surface area contributed by atoms with Crippen LogP contribution in [0.25, 0.3) is 0 Å². The summed E-state index contributed by atoms with van der Waals surface area (Å²) in [5, 5.41) is 11.2. The van der Waals surface area contributed by atoms with Crippen molar-refractivity contribution in [1.82, 2.24) is 5.32 Å². The molecule has 0 saturated carbocycles. The molecule has 0 aliphatic rings. The summed E-state index contributed by atoms with van der Waals surface area (Å²) in [6.45, 7) is 1.93. The SMILES string of the molecule is CCOC(=O)CCC(=O)N[C@H](Cc1ccc(C#N)cc1)C(N)=O. The van der Waals surface area contributed by atoms with Crippen molar-refractivity contribution in [2.45, 2.75) is 32.2 Å². The molecule has 0 bridgehead atoms. The van der Waals surface area contributed by atoms with Gasteiger partial charge in [-0.1, -0.05) is 12.1 Å². The van der Waals surface area contributed by atoms with Crippen molar-refractivity contribution in [3.63, 3.8) is 0 Å². The van der Waals surface area contributed by atoms with Crippen molar-refractivity contribution in [3.8, 4) is 6.07 Å². The van der Waals surface area contributed by atoms with Crippen LogP contribution in [0.15, 0.2) is 24.3 Å². The molecule has 1 aromatic rings. The maximum absolute atomic E-state index is 11.8. The number of nitrogens with one attached hydrogen (secondary N) is 1. The highest BCUT2D eigenvalue weighted by molar-refractivity contribution is 5.88. The Hall–Kier alpha value is -2.88. The van der Waals surface area contributed by atoms with Gasteiger partial charge in [0.25, 0.3) is 0 Å². The highest BCUT2D eigenvalue weighted by Crippen LogP contribution is 2.07. The van der Waals surface area contributed by atoms with Gasteiger partial charge in [-0.25, -0.2) is 0 Å². The normalized spacial score (nSPS) is 11.1. The molecule has 1 atom stereocenters. The first-order chi connectivity index (χ1) is 11.0. The lowest BCUT2D eigenvalue weighted by atomic mass is 10.0. The Labute approximate surface area is 134 Å². The minimum atomic E-state index is -0.877. The first-order valence-electron chi connectivity index (χ1n) is 7.19. The fourth-order valence-corrected chi connectivity index (χ4v) is 1.89. The molecule has 0 aromatic heterocycles. The third-order valence-electron chi connectivity index (χ3n) is 3.06. The number of carbonyl (C=O) groups is 3. The number of nitriles is 1. The molecular formula is C16H19N3O4. The predicted octanol–water partition coefficient (Wildman–Crippen LogP) is 0.414. The smallest absolute Gasteiger partial charge is 0.306 e. The fourth-order valence-electron chi connectivity index (χ4n) is 1.89. The molecule has 3 N–H and O–H groups in total. The van der Waals surface area contributed by atoms with Crippen molar-refractivity contribution in [2.24, 2.45) is 5.73 Å². The number of ether oxygens (including phenoxy) is 1. The number of benzene rings is 1. The maximum atomic E-state index is 11.8. The van der Waals surface area contributed by atoms with E-state index in [2.05, 4.69) is 5.32 Å². The van der Waals surface area contributed by atoms with Gasteiger partial charge in [0, 0.05) is 12.8 Å². The molecule has 0 aliphatic carbocycles. The Morgan fingerprint density at radius 2 is 1.91 bits per heavy atom. The average Bonchev–Trinajstić information content (AvgIpc) is 2.53. The summed E-state index contributed by atoms with van der Waals surface area (Å²) >= 11 is 0. The summed E-state index contributed by atoms with van der Waals surface area (Å²) in [7, 11) is 0. The Kier molecular flexibility index (Phi) is 7.27. The largest absolute Gasteiger partial charge is 0.466 e. The van der Waals surface area contributed by atoms with Gasteiger partial charge in [0.1, 0.15) is 6.04 Å². The second kappa shape index (κ2) is 9.20. The monoisotopic (exact) mass is 317 g/mol. The number of hydrogen-bond acceptors (Lipinski definition) is 5. The summed E-state index contributed by atoms with van der Waals surface area (Å²) in [6.07, 6.45) is 0.0875. The van der Waals surface area contributed by atoms with Gasteiger partial charge >= 0.3 is 5.97 Å². The van der Waals surface area contributed by atoms with Crippen LogP contribution in [0.3, 0.4) is 0 Å². The highest BCUT2D eigenvalue weighted by Gasteiger charge is 2.19. The average molecular weight is 317 g/mol. The summed E-state index contributed by atoms with van der Waals surface area (Å²) < 4.78 is 4.73. The van der Waals surface area contributed by atoms with Crippen LogP contribution in [0.4, 0.5) is 0 Å². The zero-order valence-electron chi connectivity index (χ0n) is 12.9. The molecule has 0 fully saturated rings. The van der Waals surface area contributed by atoms with Crippen LogP contribution in [0, 0.1) is 11.3 Å². The fraction of sp³-hybridized carbons (Fsp3) is 0.375. The van der Waals surface area contributed by atoms with Crippen molar-refractivity contribution in [2.75, 3.05) is 6.61 Å². The van der Waals surface area contributed by atoms with Crippen LogP contribution in [-0.2, 0) is 25.5 Å². The molecule has 122 valence electrons. The number of esters is 1. The number of amides is 2. The van der Waals surface area contributed by atoms with E-state index >= 15 is 0 Å². The summed E-state index contributed by atoms with van der Waals surface area (Å²) in [6, 6.07) is 7.75. The van der Waals surface area contributed by atoms with Crippen LogP contribution in [0.2, 0.25) is 0 Å². The van der Waals surface area contributed by atoms with E-state index in [0.717, 1.165) is 5.56 Å². The molecule has 0 spiro atoms. The Balaban J connectivity index is 2.57. The molecule has 0 radical (unpaired) electrons. The van der Waals surface area contributed by atoms with Gasteiger partial charge in [0.15, 0.2) is 0 Å². The first kappa shape index (κ1) is 18.2. The van der Waals surface area contributed by atoms with Crippen molar-refractivity contribution >= 4 is 17.8 Å². The van der Waals surface area contributed by atoms with Gasteiger partial charge in [-0.15, -0.1) is 0 Å². The van der Waals surface area contributed by atoms with Crippen molar-refractivity contribution in [3.05, 3.63) is 35.4 Å². The molecule has 1 rings (SSSR count). The second-order valence-corrected chi connectivity index (χ2v) is 4.84. The molecule has 7 nitrogen and oxygen atoms in total. The van der Waals surface area contributed by atoms with E-state index in [-0.39, 0.29) is 25.9 Å². The Bertz CT molecular complexity index is 605. The zero-order chi connectivity index (χ0) is 17.2. The molecule has 0 aliphatic heterocycles. The Morgan fingerprint density at radius 1 is 1.26 bits per heavy atom. The quantitative estimate of drug-likeness (QED) is 0.672. The lowest BCUT2D eigenvalue weighted by molar-refractivity contribution is -0.144. The minimum Gasteiger partial charge on any atom is -0.466 e. The van der Waals surface area contributed by atoms with Gasteiger partial charge in [-0.05, 0) is 24.6 Å². The number of nitrogens with two attached hydrogens (primary N) is 1. The van der Waals surface area contributed by atoms with E-state index in [0.29, 0.717) is 5.56 Å². The molecule has 1 aromatic carbocycles. The molecule has 23 heavy (non-hydrogen) atoms. The van der Waals surface area contributed by atoms with Crippen LogP contribution < -0.4 is 11.1 Å². The maximum Gasteiger partial charge on any atom is 0.306 e. The number of primary amides is 1. The van der Waals surface area contributed by atoms with Crippen molar-refractivity contribution < 1.29 is 19.1 Å². The predicted molar refractivity (Wildman–Crippen MR) is 81.9 cm³/mol. The first-order valence-corrected chi connectivity index (χ1v) is 7.19. The topological polar surface area (TPSA) is 122 Å². The zero-order valence-corrected chi connectivity index (χ0v) is 12.9. The molecule has 0 unspecified atom stereocenters. The van der Waals surface area contributed by atoms with Gasteiger partial charge in [-0.2, -0.15) is 5.26 Å². The highest BCUT2D eigenvalue weighted by atomic mass is 16.5. The third-order valence-corrected chi connectivity index (χ3v) is 3.06. The summed E-state index contributed by atoms with van der Waals surface area (Å²) in [5.41, 5.74) is 6.56. The molecule has 2 amide bonds. The van der Waals surface area contributed by atoms with E-state index in [9.17, 15) is 14.4 Å². The van der Waals surface area contributed by atoms with Crippen LogP contribution in [-0.4, -0.2) is 30.4 Å². The number of carbonyl (C=O) groups excluding carboxylic acids is 3. The van der Waals surface area contributed by atoms with Crippen LogP contribution >= 0.6 is 0 Å². The van der Waals surface area contributed by atoms with E-state index < -0.39 is 23.8 Å². The van der Waals surface area contributed by atoms with Gasteiger partial charge in [-0.3, -0.25) is 14.4 Å². The minimum absolute atomic E-state index is 0.0535. The molecular weight excluding hydrogens is 298 g/mol. The van der Waals surface area contributed by atoms with E-state index in [1.54, 1.807) is 31.2 Å². The number of nitrogens with zero attached hydrogens (tertiary/aromatic N) is 1. The van der Waals surface area contributed by atoms with Crippen LogP contribution in [0.1, 0.15) is 30.9 Å². The van der Waals surface area contributed by atoms with E-state index in [4.69, 9.17) is 15.7 Å². The lowest BCUT2D eigenvalue weighted by Gasteiger charge is -2.15. The summed E-state index contributed by atoms with van der Waals surface area (Å²) in [5.74, 6) is -1.58. The van der Waals surface area contributed by atoms with Gasteiger partial charge in [0.05, 0.1) is 24.7 Å². The molecule has 0 saturated heterocycles. The van der Waals surface area contributed by atoms with Gasteiger partial charge < -0.3 is 15.8 Å². The van der Waals surface area contributed by atoms with E-state index in [1.165, 1.54) is 0 Å². The molecule has 7 heteroatoms. The second-order valence-electron chi connectivity index (χ2n) is 4.84. The van der Waals surface area contributed by atoms with Crippen LogP contribution in [0.5, 0.6) is 0 Å². The lowest BCUT2D eigenvalue weighted by Crippen LogP contribution is -2.45. The van der Waals surface area contributed by atoms with Gasteiger partial charge in [0.2, 0.25) is 11.8 Å². The number of rotatable bonds is 8.